The molecule has 0 spiro atoms. The normalized spacial score (nSPS) is 11.9. The molecule has 0 aliphatic heterocycles. The van der Waals surface area contributed by atoms with Crippen molar-refractivity contribution < 1.29 is 8.78 Å². The first-order valence-electron chi connectivity index (χ1n) is 6.43. The molecule has 2 nitrogen and oxygen atoms in total. The molecule has 0 amide bonds. The van der Waals surface area contributed by atoms with Crippen LogP contribution in [0.2, 0.25) is 0 Å². The molecule has 1 atom stereocenters. The average Bonchev–Trinajstić information content (AvgIpc) is 2.86. The summed E-state index contributed by atoms with van der Waals surface area (Å²) in [5.74, 6) is 0. The molecule has 0 fully saturated rings. The lowest BCUT2D eigenvalue weighted by atomic mass is 10.1. The predicted molar refractivity (Wildman–Crippen MR) is 81.0 cm³/mol. The van der Waals surface area contributed by atoms with Crippen LogP contribution in [0.5, 0.6) is 0 Å². The number of alkyl halides is 2. The van der Waals surface area contributed by atoms with E-state index in [1.54, 1.807) is 43.8 Å². The van der Waals surface area contributed by atoms with Crippen LogP contribution in [0.15, 0.2) is 54.4 Å². The Kier molecular flexibility index (Phi) is 3.75. The van der Waals surface area contributed by atoms with Crippen LogP contribution in [0.3, 0.4) is 0 Å². The molecule has 0 radical (unpaired) electrons. The molecule has 106 valence electrons. The van der Waals surface area contributed by atoms with Crippen LogP contribution in [0.25, 0.3) is 15.3 Å². The van der Waals surface area contributed by atoms with Gasteiger partial charge in [-0.05, 0) is 19.1 Å². The van der Waals surface area contributed by atoms with Crippen molar-refractivity contribution in [2.45, 2.75) is 13.3 Å². The number of rotatable bonds is 3. The number of pyridine rings is 2. The number of aryl methyl sites for hydroxylation is 1. The quantitative estimate of drug-likeness (QED) is 0.627. The van der Waals surface area contributed by atoms with Crippen molar-refractivity contribution in [2.75, 3.05) is 0 Å². The molecule has 3 aromatic rings. The van der Waals surface area contributed by atoms with Gasteiger partial charge in [0.05, 0.1) is 5.56 Å². The molecule has 0 aromatic carbocycles. The molecule has 3 rings (SSSR count). The molecule has 0 bridgehead atoms. The molecule has 0 aliphatic rings. The molecular weight excluding hydrogens is 290 g/mol. The number of hydrogen-bond donors (Lipinski definition) is 0. The van der Waals surface area contributed by atoms with E-state index in [1.807, 2.05) is 17.5 Å². The van der Waals surface area contributed by atoms with Crippen molar-refractivity contribution in [3.8, 4) is 15.3 Å². The molecule has 21 heavy (non-hydrogen) atoms. The van der Waals surface area contributed by atoms with Crippen molar-refractivity contribution in [1.29, 1.82) is 0 Å². The first kappa shape index (κ1) is 13.8. The molecular formula is C16H13F2N2S+. The van der Waals surface area contributed by atoms with E-state index in [0.29, 0.717) is 10.4 Å². The van der Waals surface area contributed by atoms with E-state index in [2.05, 4.69) is 9.97 Å². The highest BCUT2D eigenvalue weighted by atomic mass is 32.2. The second kappa shape index (κ2) is 5.69. The van der Waals surface area contributed by atoms with Crippen molar-refractivity contribution in [3.05, 3.63) is 65.6 Å². The maximum atomic E-state index is 13.5. The van der Waals surface area contributed by atoms with E-state index in [1.165, 1.54) is 0 Å². The van der Waals surface area contributed by atoms with Gasteiger partial charge in [0.2, 0.25) is 0 Å². The summed E-state index contributed by atoms with van der Waals surface area (Å²) in [7, 11) is -0.490. The zero-order valence-corrected chi connectivity index (χ0v) is 12.1. The minimum atomic E-state index is -2.48. The van der Waals surface area contributed by atoms with Gasteiger partial charge >= 0.3 is 0 Å². The van der Waals surface area contributed by atoms with Crippen LogP contribution in [-0.2, 0) is 0 Å². The Bertz CT molecular complexity index is 740. The monoisotopic (exact) mass is 303 g/mol. The van der Waals surface area contributed by atoms with Crippen LogP contribution >= 0.6 is 10.5 Å². The molecule has 1 unspecified atom stereocenters. The molecule has 3 aromatic heterocycles. The first-order chi connectivity index (χ1) is 10.2. The van der Waals surface area contributed by atoms with Crippen LogP contribution < -0.4 is 0 Å². The number of hydrogen-bond acceptors (Lipinski definition) is 2. The Balaban J connectivity index is 2.29. The van der Waals surface area contributed by atoms with Gasteiger partial charge in [0.15, 0.2) is 9.77 Å². The predicted octanol–water partition coefficient (Wildman–Crippen LogP) is 5.13. The summed E-state index contributed by atoms with van der Waals surface area (Å²) in [6, 6.07) is 7.32. The molecule has 0 saturated carbocycles. The third-order valence-corrected chi connectivity index (χ3v) is 5.51. The SMILES string of the molecule is Cc1c[s+](-c2ccncc2)c(-c2ccncc2)c1C(F)F. The van der Waals surface area contributed by atoms with E-state index in [9.17, 15) is 8.78 Å². The number of nitrogens with zero attached hydrogens (tertiary/aromatic N) is 2. The largest absolute Gasteiger partial charge is 0.269 e. The van der Waals surface area contributed by atoms with Crippen molar-refractivity contribution in [1.82, 2.24) is 9.97 Å². The van der Waals surface area contributed by atoms with Gasteiger partial charge in [0, 0.05) is 58.5 Å². The molecule has 3 heterocycles. The Morgan fingerprint density at radius 3 is 2.10 bits per heavy atom. The van der Waals surface area contributed by atoms with Crippen LogP contribution in [0, 0.1) is 6.92 Å². The first-order valence-corrected chi connectivity index (χ1v) is 7.72. The number of aromatic nitrogens is 2. The Labute approximate surface area is 124 Å². The summed E-state index contributed by atoms with van der Waals surface area (Å²) in [6.45, 7) is 1.75. The van der Waals surface area contributed by atoms with Crippen LogP contribution in [-0.4, -0.2) is 9.97 Å². The van der Waals surface area contributed by atoms with Gasteiger partial charge in [-0.3, -0.25) is 9.97 Å². The minimum Gasteiger partial charge on any atom is -0.265 e. The van der Waals surface area contributed by atoms with Crippen molar-refractivity contribution >= 4 is 10.5 Å². The summed E-state index contributed by atoms with van der Waals surface area (Å²) in [5.41, 5.74) is 1.59. The fraction of sp³-hybridized carbons (Fsp3) is 0.125. The fourth-order valence-corrected chi connectivity index (χ4v) is 4.59. The second-order valence-corrected chi connectivity index (χ2v) is 6.39. The van der Waals surface area contributed by atoms with E-state index < -0.39 is 16.9 Å². The zero-order chi connectivity index (χ0) is 14.8. The lowest BCUT2D eigenvalue weighted by Crippen LogP contribution is -1.88. The Morgan fingerprint density at radius 2 is 1.52 bits per heavy atom. The summed E-state index contributed by atoms with van der Waals surface area (Å²) in [5, 5.41) is 1.92. The number of halogens is 2. The highest BCUT2D eigenvalue weighted by Crippen LogP contribution is 2.49. The Morgan fingerprint density at radius 1 is 0.952 bits per heavy atom. The standard InChI is InChI=1S/C16H13F2N2S/c1-11-10-21(13-4-8-20-9-5-13)15(14(11)16(17)18)12-2-6-19-7-3-12/h2-10,16H,1H3/q+1. The lowest BCUT2D eigenvalue weighted by molar-refractivity contribution is 0.152. The maximum absolute atomic E-state index is 13.5. The minimum absolute atomic E-state index is 0.140. The van der Waals surface area contributed by atoms with E-state index in [-0.39, 0.29) is 5.56 Å². The van der Waals surface area contributed by atoms with Crippen LogP contribution in [0.4, 0.5) is 8.78 Å². The smallest absolute Gasteiger partial charge is 0.265 e. The van der Waals surface area contributed by atoms with E-state index in [0.717, 1.165) is 10.5 Å². The Hall–Kier alpha value is -2.14. The summed E-state index contributed by atoms with van der Waals surface area (Å²) in [4.78, 5) is 9.65. The van der Waals surface area contributed by atoms with Gasteiger partial charge in [-0.1, -0.05) is 0 Å². The van der Waals surface area contributed by atoms with Gasteiger partial charge < -0.3 is 0 Å². The van der Waals surface area contributed by atoms with Gasteiger partial charge in [-0.15, -0.1) is 0 Å². The average molecular weight is 303 g/mol. The topological polar surface area (TPSA) is 25.8 Å². The van der Waals surface area contributed by atoms with Crippen LogP contribution in [0.1, 0.15) is 17.6 Å². The third-order valence-electron chi connectivity index (χ3n) is 3.25. The molecule has 0 aliphatic carbocycles. The van der Waals surface area contributed by atoms with E-state index >= 15 is 0 Å². The maximum Gasteiger partial charge on any atom is 0.269 e. The van der Waals surface area contributed by atoms with Crippen molar-refractivity contribution in [2.24, 2.45) is 0 Å². The number of thiophene rings is 1. The summed E-state index contributed by atoms with van der Waals surface area (Å²) in [6.07, 6.45) is 4.16. The highest BCUT2D eigenvalue weighted by molar-refractivity contribution is 7.41. The van der Waals surface area contributed by atoms with Gasteiger partial charge in [-0.2, -0.15) is 0 Å². The van der Waals surface area contributed by atoms with Gasteiger partial charge in [-0.25, -0.2) is 8.78 Å². The fourth-order valence-electron chi connectivity index (χ4n) is 2.32. The van der Waals surface area contributed by atoms with E-state index in [4.69, 9.17) is 0 Å². The summed E-state index contributed by atoms with van der Waals surface area (Å²) < 4.78 is 27.0. The zero-order valence-electron chi connectivity index (χ0n) is 11.3. The summed E-state index contributed by atoms with van der Waals surface area (Å²) >= 11 is 0. The van der Waals surface area contributed by atoms with Gasteiger partial charge in [0.25, 0.3) is 6.43 Å². The molecule has 5 heteroatoms. The third kappa shape index (κ3) is 2.56. The highest BCUT2D eigenvalue weighted by Gasteiger charge is 2.31. The molecule has 0 saturated heterocycles. The van der Waals surface area contributed by atoms with Gasteiger partial charge in [0.1, 0.15) is 5.38 Å². The molecule has 0 N–H and O–H groups in total. The second-order valence-electron chi connectivity index (χ2n) is 4.60. The van der Waals surface area contributed by atoms with Crippen molar-refractivity contribution in [3.63, 3.8) is 0 Å². The lowest BCUT2D eigenvalue weighted by Gasteiger charge is -2.02.